The molecule has 2 aliphatic carbocycles. The summed E-state index contributed by atoms with van der Waals surface area (Å²) in [6, 6.07) is 4.08. The molecule has 0 radical (unpaired) electrons. The molecule has 1 atom stereocenters. The minimum Gasteiger partial charge on any atom is -0.504 e. The molecule has 0 amide bonds. The van der Waals surface area contributed by atoms with Crippen molar-refractivity contribution in [2.24, 2.45) is 0 Å². The van der Waals surface area contributed by atoms with Crippen molar-refractivity contribution in [1.29, 1.82) is 0 Å². The average Bonchev–Trinajstić information content (AvgIpc) is 2.72. The first-order chi connectivity index (χ1) is 9.20. The summed E-state index contributed by atoms with van der Waals surface area (Å²) in [5.74, 6) is 1.58. The summed E-state index contributed by atoms with van der Waals surface area (Å²) >= 11 is 0. The van der Waals surface area contributed by atoms with Crippen molar-refractivity contribution in [3.8, 4) is 11.5 Å². The SMILES string of the molecule is CCC1CC2(CCCCC2)c2cc(O)c(OC)cc21. The van der Waals surface area contributed by atoms with Crippen molar-refractivity contribution >= 4 is 0 Å². The number of fused-ring (bicyclic) bond motifs is 2. The van der Waals surface area contributed by atoms with Crippen LogP contribution in [0.25, 0.3) is 0 Å². The number of hydrogen-bond acceptors (Lipinski definition) is 2. The van der Waals surface area contributed by atoms with Gasteiger partial charge in [-0.05, 0) is 60.3 Å². The van der Waals surface area contributed by atoms with Crippen molar-refractivity contribution in [2.45, 2.75) is 63.2 Å². The number of rotatable bonds is 2. The molecule has 3 rings (SSSR count). The Hall–Kier alpha value is -1.18. The molecular weight excluding hydrogens is 236 g/mol. The maximum Gasteiger partial charge on any atom is 0.160 e. The van der Waals surface area contributed by atoms with Crippen LogP contribution in [-0.2, 0) is 5.41 Å². The van der Waals surface area contributed by atoms with Crippen molar-refractivity contribution < 1.29 is 9.84 Å². The molecule has 1 saturated carbocycles. The van der Waals surface area contributed by atoms with E-state index in [-0.39, 0.29) is 0 Å². The van der Waals surface area contributed by atoms with Gasteiger partial charge in [-0.15, -0.1) is 0 Å². The summed E-state index contributed by atoms with van der Waals surface area (Å²) in [6.45, 7) is 2.27. The molecule has 1 fully saturated rings. The molecule has 19 heavy (non-hydrogen) atoms. The van der Waals surface area contributed by atoms with E-state index in [4.69, 9.17) is 4.74 Å². The first kappa shape index (κ1) is 12.8. The molecule has 0 saturated heterocycles. The molecular formula is C17H24O2. The maximum atomic E-state index is 10.1. The Labute approximate surface area is 115 Å². The molecule has 1 aromatic rings. The van der Waals surface area contributed by atoms with E-state index in [2.05, 4.69) is 13.0 Å². The number of phenols is 1. The molecule has 104 valence electrons. The Balaban J connectivity index is 2.09. The van der Waals surface area contributed by atoms with Crippen molar-refractivity contribution in [2.75, 3.05) is 7.11 Å². The van der Waals surface area contributed by atoms with Gasteiger partial charge in [0.1, 0.15) is 0 Å². The fraction of sp³-hybridized carbons (Fsp3) is 0.647. The normalized spacial score (nSPS) is 24.4. The van der Waals surface area contributed by atoms with Gasteiger partial charge in [0.05, 0.1) is 7.11 Å². The van der Waals surface area contributed by atoms with E-state index in [0.29, 0.717) is 22.8 Å². The van der Waals surface area contributed by atoms with E-state index >= 15 is 0 Å². The van der Waals surface area contributed by atoms with Crippen LogP contribution < -0.4 is 4.74 Å². The van der Waals surface area contributed by atoms with Gasteiger partial charge in [0, 0.05) is 0 Å². The Morgan fingerprint density at radius 3 is 2.63 bits per heavy atom. The lowest BCUT2D eigenvalue weighted by Crippen LogP contribution is -2.26. The van der Waals surface area contributed by atoms with E-state index in [1.54, 1.807) is 7.11 Å². The number of hydrogen-bond donors (Lipinski definition) is 1. The van der Waals surface area contributed by atoms with Crippen molar-refractivity contribution in [1.82, 2.24) is 0 Å². The largest absolute Gasteiger partial charge is 0.504 e. The highest BCUT2D eigenvalue weighted by molar-refractivity contribution is 5.53. The standard InChI is InChI=1S/C17H24O2/c1-3-12-11-17(7-5-4-6-8-17)14-10-15(18)16(19-2)9-13(12)14/h9-10,12,18H,3-8,11H2,1-2H3. The van der Waals surface area contributed by atoms with E-state index in [0.717, 1.165) is 0 Å². The zero-order chi connectivity index (χ0) is 13.5. The summed E-state index contributed by atoms with van der Waals surface area (Å²) in [7, 11) is 1.63. The minimum atomic E-state index is 0.308. The van der Waals surface area contributed by atoms with Crippen LogP contribution in [0.5, 0.6) is 11.5 Å². The molecule has 0 aromatic heterocycles. The van der Waals surface area contributed by atoms with Gasteiger partial charge in [0.25, 0.3) is 0 Å². The van der Waals surface area contributed by atoms with E-state index < -0.39 is 0 Å². The van der Waals surface area contributed by atoms with Crippen LogP contribution in [-0.4, -0.2) is 12.2 Å². The molecule has 2 aliphatic rings. The second-order valence-corrected chi connectivity index (χ2v) is 6.26. The van der Waals surface area contributed by atoms with Crippen LogP contribution in [0.1, 0.15) is 68.9 Å². The number of phenolic OH excluding ortho intramolecular Hbond substituents is 1. The lowest BCUT2D eigenvalue weighted by molar-refractivity contribution is 0.277. The highest BCUT2D eigenvalue weighted by atomic mass is 16.5. The number of methoxy groups -OCH3 is 1. The molecule has 2 heteroatoms. The predicted octanol–water partition coefficient (Wildman–Crippen LogP) is 4.50. The topological polar surface area (TPSA) is 29.5 Å². The fourth-order valence-corrected chi connectivity index (χ4v) is 4.30. The van der Waals surface area contributed by atoms with Crippen LogP contribution >= 0.6 is 0 Å². The summed E-state index contributed by atoms with van der Waals surface area (Å²) < 4.78 is 5.29. The van der Waals surface area contributed by atoms with Gasteiger partial charge in [-0.1, -0.05) is 26.2 Å². The summed E-state index contributed by atoms with van der Waals surface area (Å²) in [4.78, 5) is 0. The molecule has 1 unspecified atom stereocenters. The van der Waals surface area contributed by atoms with Gasteiger partial charge in [-0.3, -0.25) is 0 Å². The lowest BCUT2D eigenvalue weighted by atomic mass is 9.70. The van der Waals surface area contributed by atoms with Crippen LogP contribution in [0.4, 0.5) is 0 Å². The fourth-order valence-electron chi connectivity index (χ4n) is 4.30. The summed E-state index contributed by atoms with van der Waals surface area (Å²) in [6.07, 6.45) is 9.08. The van der Waals surface area contributed by atoms with Gasteiger partial charge >= 0.3 is 0 Å². The first-order valence-electron chi connectivity index (χ1n) is 7.61. The highest BCUT2D eigenvalue weighted by Gasteiger charge is 2.44. The van der Waals surface area contributed by atoms with Gasteiger partial charge < -0.3 is 9.84 Å². The third-order valence-corrected chi connectivity index (χ3v) is 5.30. The molecule has 2 nitrogen and oxygen atoms in total. The van der Waals surface area contributed by atoms with Crippen LogP contribution in [0.2, 0.25) is 0 Å². The number of benzene rings is 1. The minimum absolute atomic E-state index is 0.308. The molecule has 0 heterocycles. The van der Waals surface area contributed by atoms with Crippen LogP contribution in [0, 0.1) is 0 Å². The average molecular weight is 260 g/mol. The third kappa shape index (κ3) is 1.92. The predicted molar refractivity (Wildman–Crippen MR) is 77.1 cm³/mol. The Bertz CT molecular complexity index is 472. The first-order valence-corrected chi connectivity index (χ1v) is 7.61. The van der Waals surface area contributed by atoms with Gasteiger partial charge in [0.2, 0.25) is 0 Å². The van der Waals surface area contributed by atoms with Crippen molar-refractivity contribution in [3.63, 3.8) is 0 Å². The molecule has 0 bridgehead atoms. The second-order valence-electron chi connectivity index (χ2n) is 6.26. The van der Waals surface area contributed by atoms with E-state index in [1.807, 2.05) is 6.07 Å². The van der Waals surface area contributed by atoms with E-state index in [9.17, 15) is 5.11 Å². The van der Waals surface area contributed by atoms with Crippen LogP contribution in [0.15, 0.2) is 12.1 Å². The third-order valence-electron chi connectivity index (χ3n) is 5.30. The molecule has 1 N–H and O–H groups in total. The molecule has 1 aromatic carbocycles. The number of aromatic hydroxyl groups is 1. The summed E-state index contributed by atoms with van der Waals surface area (Å²) in [5.41, 5.74) is 3.19. The van der Waals surface area contributed by atoms with Gasteiger partial charge in [-0.2, -0.15) is 0 Å². The zero-order valence-corrected chi connectivity index (χ0v) is 12.0. The van der Waals surface area contributed by atoms with E-state index in [1.165, 1.54) is 56.1 Å². The highest BCUT2D eigenvalue weighted by Crippen LogP contribution is 2.56. The smallest absolute Gasteiger partial charge is 0.160 e. The maximum absolute atomic E-state index is 10.1. The molecule has 0 aliphatic heterocycles. The second kappa shape index (κ2) is 4.73. The van der Waals surface area contributed by atoms with Gasteiger partial charge in [-0.25, -0.2) is 0 Å². The Morgan fingerprint density at radius 2 is 2.00 bits per heavy atom. The zero-order valence-electron chi connectivity index (χ0n) is 12.0. The van der Waals surface area contributed by atoms with Crippen LogP contribution in [0.3, 0.4) is 0 Å². The Kier molecular flexibility index (Phi) is 3.20. The molecule has 1 spiro atoms. The monoisotopic (exact) mass is 260 g/mol. The lowest BCUT2D eigenvalue weighted by Gasteiger charge is -2.35. The van der Waals surface area contributed by atoms with Gasteiger partial charge in [0.15, 0.2) is 11.5 Å². The number of ether oxygens (including phenoxy) is 1. The summed E-state index contributed by atoms with van der Waals surface area (Å²) in [5, 5.41) is 10.1. The Morgan fingerprint density at radius 1 is 1.26 bits per heavy atom. The van der Waals surface area contributed by atoms with Crippen molar-refractivity contribution in [3.05, 3.63) is 23.3 Å². The quantitative estimate of drug-likeness (QED) is 0.848.